The maximum atomic E-state index is 7.64. The lowest BCUT2D eigenvalue weighted by atomic mass is 10.2. The summed E-state index contributed by atoms with van der Waals surface area (Å²) in [5, 5.41) is 7.64. The van der Waals surface area contributed by atoms with Gasteiger partial charge in [0.15, 0.2) is 0 Å². The molecule has 0 spiro atoms. The van der Waals surface area contributed by atoms with Crippen LogP contribution in [0, 0.1) is 5.41 Å². The number of hydrogen-bond donors (Lipinski definition) is 1. The number of unbranched alkanes of at least 4 members (excludes halogenated alkanes) is 2. The summed E-state index contributed by atoms with van der Waals surface area (Å²) < 4.78 is 0. The number of hydrogen-bond acceptors (Lipinski definition) is 2. The van der Waals surface area contributed by atoms with Gasteiger partial charge in [-0.2, -0.15) is 11.8 Å². The minimum Gasteiger partial charge on any atom is -0.361 e. The fourth-order valence-electron chi connectivity index (χ4n) is 1.70. The molecule has 1 heterocycles. The van der Waals surface area contributed by atoms with Gasteiger partial charge in [0.05, 0.1) is 5.84 Å². The fourth-order valence-corrected chi connectivity index (χ4v) is 2.20. The maximum absolute atomic E-state index is 7.64. The van der Waals surface area contributed by atoms with Gasteiger partial charge in [0.25, 0.3) is 0 Å². The van der Waals surface area contributed by atoms with Crippen LogP contribution in [0.5, 0.6) is 0 Å². The van der Waals surface area contributed by atoms with Gasteiger partial charge in [-0.05, 0) is 31.3 Å². The minimum atomic E-state index is 0.866. The zero-order valence-electron chi connectivity index (χ0n) is 8.51. The first kappa shape index (κ1) is 10.9. The van der Waals surface area contributed by atoms with Crippen molar-refractivity contribution in [1.82, 2.24) is 4.90 Å². The fraction of sp³-hybridized carbons (Fsp3) is 0.900. The topological polar surface area (TPSA) is 27.1 Å². The molecular weight excluding hydrogens is 180 g/mol. The number of amidine groups is 1. The number of nitrogens with zero attached hydrogens (tertiary/aromatic N) is 1. The van der Waals surface area contributed by atoms with Crippen molar-refractivity contribution in [3.8, 4) is 0 Å². The highest BCUT2D eigenvalue weighted by molar-refractivity contribution is 7.98. The summed E-state index contributed by atoms with van der Waals surface area (Å²) in [7, 11) is 0. The predicted octanol–water partition coefficient (Wildman–Crippen LogP) is 2.59. The average Bonchev–Trinajstić information content (AvgIpc) is 2.52. The Hall–Kier alpha value is -0.180. The average molecular weight is 200 g/mol. The van der Waals surface area contributed by atoms with Crippen molar-refractivity contribution < 1.29 is 0 Å². The van der Waals surface area contributed by atoms with Crippen LogP contribution in [0.25, 0.3) is 0 Å². The van der Waals surface area contributed by atoms with Gasteiger partial charge >= 0.3 is 0 Å². The second-order valence-corrected chi connectivity index (χ2v) is 4.58. The SMILES string of the molecule is CSCCCCCN1CCCC1=N. The quantitative estimate of drug-likeness (QED) is 0.667. The van der Waals surface area contributed by atoms with Crippen molar-refractivity contribution in [3.63, 3.8) is 0 Å². The standard InChI is InChI=1S/C10H20N2S/c1-13-9-4-2-3-7-12-8-5-6-10(12)11/h11H,2-9H2,1H3. The van der Waals surface area contributed by atoms with Gasteiger partial charge in [-0.25, -0.2) is 0 Å². The molecule has 0 aromatic rings. The predicted molar refractivity (Wildman–Crippen MR) is 60.8 cm³/mol. The van der Waals surface area contributed by atoms with Gasteiger partial charge in [-0.15, -0.1) is 0 Å². The molecule has 1 rings (SSSR count). The van der Waals surface area contributed by atoms with E-state index in [0.717, 1.165) is 25.3 Å². The van der Waals surface area contributed by atoms with Gasteiger partial charge in [0.1, 0.15) is 0 Å². The number of thioether (sulfide) groups is 1. The molecule has 1 aliphatic heterocycles. The summed E-state index contributed by atoms with van der Waals surface area (Å²) in [6.45, 7) is 2.24. The summed E-state index contributed by atoms with van der Waals surface area (Å²) in [6, 6.07) is 0. The molecule has 0 atom stereocenters. The van der Waals surface area contributed by atoms with Gasteiger partial charge < -0.3 is 4.90 Å². The first-order valence-electron chi connectivity index (χ1n) is 5.16. The van der Waals surface area contributed by atoms with Crippen LogP contribution < -0.4 is 0 Å². The van der Waals surface area contributed by atoms with Crippen molar-refractivity contribution in [3.05, 3.63) is 0 Å². The molecule has 0 aromatic heterocycles. The van der Waals surface area contributed by atoms with E-state index in [1.54, 1.807) is 0 Å². The Balaban J connectivity index is 1.96. The molecule has 0 aliphatic carbocycles. The van der Waals surface area contributed by atoms with Crippen LogP contribution in [-0.2, 0) is 0 Å². The highest BCUT2D eigenvalue weighted by Gasteiger charge is 2.15. The van der Waals surface area contributed by atoms with E-state index in [0.29, 0.717) is 0 Å². The van der Waals surface area contributed by atoms with Crippen LogP contribution in [0.4, 0.5) is 0 Å². The molecule has 13 heavy (non-hydrogen) atoms. The van der Waals surface area contributed by atoms with E-state index in [1.807, 2.05) is 11.8 Å². The molecule has 0 unspecified atom stereocenters. The first-order chi connectivity index (χ1) is 6.34. The lowest BCUT2D eigenvalue weighted by Crippen LogP contribution is -2.25. The second-order valence-electron chi connectivity index (χ2n) is 3.59. The molecule has 2 nitrogen and oxygen atoms in total. The smallest absolute Gasteiger partial charge is 0.0958 e. The third-order valence-corrected chi connectivity index (χ3v) is 3.20. The summed E-state index contributed by atoms with van der Waals surface area (Å²) in [6.07, 6.45) is 8.29. The van der Waals surface area contributed by atoms with Crippen LogP contribution >= 0.6 is 11.8 Å². The summed E-state index contributed by atoms with van der Waals surface area (Å²) >= 11 is 1.93. The lowest BCUT2D eigenvalue weighted by Gasteiger charge is -2.16. The van der Waals surface area contributed by atoms with Crippen LogP contribution in [0.3, 0.4) is 0 Å². The largest absolute Gasteiger partial charge is 0.361 e. The summed E-state index contributed by atoms with van der Waals surface area (Å²) in [5.41, 5.74) is 0. The Labute approximate surface area is 85.6 Å². The van der Waals surface area contributed by atoms with E-state index in [1.165, 1.54) is 31.4 Å². The van der Waals surface area contributed by atoms with Crippen molar-refractivity contribution >= 4 is 17.6 Å². The van der Waals surface area contributed by atoms with E-state index >= 15 is 0 Å². The molecule has 3 heteroatoms. The van der Waals surface area contributed by atoms with Crippen molar-refractivity contribution in [2.75, 3.05) is 25.1 Å². The van der Waals surface area contributed by atoms with E-state index in [-0.39, 0.29) is 0 Å². The third kappa shape index (κ3) is 4.03. The normalized spacial score (nSPS) is 17.0. The van der Waals surface area contributed by atoms with Crippen LogP contribution in [0.15, 0.2) is 0 Å². The highest BCUT2D eigenvalue weighted by atomic mass is 32.2. The van der Waals surface area contributed by atoms with E-state index in [4.69, 9.17) is 5.41 Å². The lowest BCUT2D eigenvalue weighted by molar-refractivity contribution is 0.432. The molecule has 0 bridgehead atoms. The van der Waals surface area contributed by atoms with Gasteiger partial charge in [0, 0.05) is 19.5 Å². The number of rotatable bonds is 6. The monoisotopic (exact) mass is 200 g/mol. The molecular formula is C10H20N2S. The van der Waals surface area contributed by atoms with E-state index in [2.05, 4.69) is 11.2 Å². The Kier molecular flexibility index (Phi) is 5.28. The Morgan fingerprint density at radius 1 is 1.38 bits per heavy atom. The second kappa shape index (κ2) is 6.30. The number of nitrogens with one attached hydrogen (secondary N) is 1. The highest BCUT2D eigenvalue weighted by Crippen LogP contribution is 2.11. The summed E-state index contributed by atoms with van der Waals surface area (Å²) in [4.78, 5) is 2.24. The van der Waals surface area contributed by atoms with Crippen LogP contribution in [0.1, 0.15) is 32.1 Å². The van der Waals surface area contributed by atoms with Crippen molar-refractivity contribution in [2.24, 2.45) is 0 Å². The molecule has 0 aromatic carbocycles. The minimum absolute atomic E-state index is 0.866. The van der Waals surface area contributed by atoms with Crippen molar-refractivity contribution in [1.29, 1.82) is 5.41 Å². The molecule has 0 amide bonds. The third-order valence-electron chi connectivity index (χ3n) is 2.50. The zero-order chi connectivity index (χ0) is 9.52. The summed E-state index contributed by atoms with van der Waals surface area (Å²) in [5.74, 6) is 2.15. The van der Waals surface area contributed by atoms with Gasteiger partial charge in [-0.3, -0.25) is 5.41 Å². The maximum Gasteiger partial charge on any atom is 0.0958 e. The molecule has 1 aliphatic rings. The molecule has 76 valence electrons. The number of likely N-dealkylation sites (tertiary alicyclic amines) is 1. The Morgan fingerprint density at radius 3 is 2.85 bits per heavy atom. The molecule has 0 saturated carbocycles. The molecule has 1 fully saturated rings. The van der Waals surface area contributed by atoms with Gasteiger partial charge in [0.2, 0.25) is 0 Å². The van der Waals surface area contributed by atoms with Crippen molar-refractivity contribution in [2.45, 2.75) is 32.1 Å². The van der Waals surface area contributed by atoms with Crippen LogP contribution in [0.2, 0.25) is 0 Å². The van der Waals surface area contributed by atoms with Gasteiger partial charge in [-0.1, -0.05) is 6.42 Å². The molecule has 0 radical (unpaired) electrons. The van der Waals surface area contributed by atoms with E-state index < -0.39 is 0 Å². The molecule has 1 saturated heterocycles. The van der Waals surface area contributed by atoms with Crippen LogP contribution in [-0.4, -0.2) is 35.8 Å². The van der Waals surface area contributed by atoms with E-state index in [9.17, 15) is 0 Å². The molecule has 1 N–H and O–H groups in total. The zero-order valence-corrected chi connectivity index (χ0v) is 9.33. The Morgan fingerprint density at radius 2 is 2.23 bits per heavy atom. The first-order valence-corrected chi connectivity index (χ1v) is 6.55. The Bertz CT molecular complexity index is 159.